The predicted molar refractivity (Wildman–Crippen MR) is 94.4 cm³/mol. The second-order valence-corrected chi connectivity index (χ2v) is 6.27. The zero-order valence-electron chi connectivity index (χ0n) is 13.1. The molecule has 0 aliphatic carbocycles. The Kier molecular flexibility index (Phi) is 4.65. The minimum atomic E-state index is -1.11. The molecule has 1 aromatic carbocycles. The average molecular weight is 378 g/mol. The van der Waals surface area contributed by atoms with E-state index in [9.17, 15) is 15.0 Å². The molecule has 0 aliphatic rings. The molecular formula is C17H13Cl2N3O3. The maximum Gasteiger partial charge on any atom is 0.354 e. The number of carboxylic acids is 1. The van der Waals surface area contributed by atoms with Gasteiger partial charge in [0.1, 0.15) is 11.6 Å². The van der Waals surface area contributed by atoms with Crippen LogP contribution in [0.4, 0.5) is 0 Å². The van der Waals surface area contributed by atoms with E-state index in [1.54, 1.807) is 25.1 Å². The van der Waals surface area contributed by atoms with Crippen molar-refractivity contribution < 1.29 is 15.0 Å². The van der Waals surface area contributed by atoms with Crippen LogP contribution in [0.2, 0.25) is 10.0 Å². The summed E-state index contributed by atoms with van der Waals surface area (Å²) in [5.74, 6) is -0.778. The zero-order chi connectivity index (χ0) is 18.1. The van der Waals surface area contributed by atoms with Crippen molar-refractivity contribution in [1.29, 1.82) is 0 Å². The zero-order valence-corrected chi connectivity index (χ0v) is 14.6. The van der Waals surface area contributed by atoms with Gasteiger partial charge in [-0.2, -0.15) is 0 Å². The summed E-state index contributed by atoms with van der Waals surface area (Å²) in [6.07, 6.45) is 2.79. The molecule has 0 unspecified atom stereocenters. The molecule has 0 aliphatic heterocycles. The minimum absolute atomic E-state index is 0.0365. The Morgan fingerprint density at radius 2 is 2.00 bits per heavy atom. The van der Waals surface area contributed by atoms with Crippen molar-refractivity contribution in [3.05, 3.63) is 63.7 Å². The number of rotatable bonds is 4. The molecule has 2 N–H and O–H groups in total. The van der Waals surface area contributed by atoms with E-state index in [1.807, 2.05) is 0 Å². The molecular weight excluding hydrogens is 365 g/mol. The highest BCUT2D eigenvalue weighted by atomic mass is 35.5. The van der Waals surface area contributed by atoms with E-state index in [0.717, 1.165) is 0 Å². The standard InChI is InChI=1S/C17H13Cl2N3O3/c1-9-15(17(24)25)22(8-11-4-12(18)2-3-14(11)19)16(21-9)10-5-13(23)7-20-6-10/h2-7,23H,8H2,1H3,(H,24,25). The number of imidazole rings is 1. The molecule has 2 aromatic heterocycles. The van der Waals surface area contributed by atoms with E-state index in [0.29, 0.717) is 32.7 Å². The van der Waals surface area contributed by atoms with E-state index in [1.165, 1.54) is 23.0 Å². The molecule has 128 valence electrons. The quantitative estimate of drug-likeness (QED) is 0.716. The molecule has 25 heavy (non-hydrogen) atoms. The lowest BCUT2D eigenvalue weighted by Crippen LogP contribution is -2.12. The Hall–Kier alpha value is -2.57. The summed E-state index contributed by atoms with van der Waals surface area (Å²) < 4.78 is 1.52. The summed E-state index contributed by atoms with van der Waals surface area (Å²) >= 11 is 12.2. The van der Waals surface area contributed by atoms with Gasteiger partial charge >= 0.3 is 5.97 Å². The Balaban J connectivity index is 2.19. The van der Waals surface area contributed by atoms with Gasteiger partial charge in [-0.15, -0.1) is 0 Å². The van der Waals surface area contributed by atoms with Crippen molar-refractivity contribution in [2.24, 2.45) is 0 Å². The SMILES string of the molecule is Cc1nc(-c2cncc(O)c2)n(Cc2cc(Cl)ccc2Cl)c1C(=O)O. The van der Waals surface area contributed by atoms with Gasteiger partial charge in [0.15, 0.2) is 5.69 Å². The maximum atomic E-state index is 11.7. The molecule has 0 spiro atoms. The fourth-order valence-electron chi connectivity index (χ4n) is 2.60. The van der Waals surface area contributed by atoms with Gasteiger partial charge in [0, 0.05) is 21.8 Å². The first-order valence-electron chi connectivity index (χ1n) is 7.25. The third-order valence-electron chi connectivity index (χ3n) is 3.66. The summed E-state index contributed by atoms with van der Waals surface area (Å²) in [7, 11) is 0. The monoisotopic (exact) mass is 377 g/mol. The highest BCUT2D eigenvalue weighted by Gasteiger charge is 2.22. The van der Waals surface area contributed by atoms with Crippen LogP contribution in [0.15, 0.2) is 36.7 Å². The Morgan fingerprint density at radius 1 is 1.24 bits per heavy atom. The van der Waals surface area contributed by atoms with Gasteiger partial charge in [-0.1, -0.05) is 23.2 Å². The number of aromatic carboxylic acids is 1. The first kappa shape index (κ1) is 17.3. The van der Waals surface area contributed by atoms with E-state index in [4.69, 9.17) is 23.2 Å². The van der Waals surface area contributed by atoms with Crippen LogP contribution >= 0.6 is 23.2 Å². The van der Waals surface area contributed by atoms with Gasteiger partial charge in [0.25, 0.3) is 0 Å². The molecule has 8 heteroatoms. The molecule has 0 saturated carbocycles. The number of carbonyl (C=O) groups is 1. The predicted octanol–water partition coefficient (Wildman–Crippen LogP) is 4.01. The van der Waals surface area contributed by atoms with Crippen molar-refractivity contribution in [2.75, 3.05) is 0 Å². The molecule has 0 radical (unpaired) electrons. The normalized spacial score (nSPS) is 10.8. The topological polar surface area (TPSA) is 88.2 Å². The van der Waals surface area contributed by atoms with Gasteiger partial charge in [0.2, 0.25) is 0 Å². The number of pyridine rings is 1. The fraction of sp³-hybridized carbons (Fsp3) is 0.118. The lowest BCUT2D eigenvalue weighted by molar-refractivity contribution is 0.0685. The van der Waals surface area contributed by atoms with Gasteiger partial charge in [-0.05, 0) is 36.8 Å². The first-order valence-corrected chi connectivity index (χ1v) is 8.01. The van der Waals surface area contributed by atoms with Crippen LogP contribution in [0.1, 0.15) is 21.7 Å². The average Bonchev–Trinajstić information content (AvgIpc) is 2.87. The van der Waals surface area contributed by atoms with Crippen LogP contribution in [0.3, 0.4) is 0 Å². The van der Waals surface area contributed by atoms with Crippen LogP contribution in [-0.2, 0) is 6.54 Å². The fourth-order valence-corrected chi connectivity index (χ4v) is 2.97. The van der Waals surface area contributed by atoms with E-state index in [2.05, 4.69) is 9.97 Å². The molecule has 0 atom stereocenters. The number of halogens is 2. The maximum absolute atomic E-state index is 11.7. The summed E-state index contributed by atoms with van der Waals surface area (Å²) in [5, 5.41) is 20.2. The van der Waals surface area contributed by atoms with Crippen molar-refractivity contribution in [3.63, 3.8) is 0 Å². The van der Waals surface area contributed by atoms with Crippen LogP contribution in [-0.4, -0.2) is 30.7 Å². The van der Waals surface area contributed by atoms with E-state index in [-0.39, 0.29) is 18.0 Å². The number of aryl methyl sites for hydroxylation is 1. The van der Waals surface area contributed by atoms with Crippen molar-refractivity contribution >= 4 is 29.2 Å². The summed E-state index contributed by atoms with van der Waals surface area (Å²) in [6.45, 7) is 1.77. The summed E-state index contributed by atoms with van der Waals surface area (Å²) in [6, 6.07) is 6.45. The largest absolute Gasteiger partial charge is 0.506 e. The van der Waals surface area contributed by atoms with Crippen LogP contribution in [0, 0.1) is 6.92 Å². The molecule has 2 heterocycles. The van der Waals surface area contributed by atoms with Gasteiger partial charge in [0.05, 0.1) is 18.4 Å². The van der Waals surface area contributed by atoms with Crippen molar-refractivity contribution in [3.8, 4) is 17.1 Å². The smallest absolute Gasteiger partial charge is 0.354 e. The Morgan fingerprint density at radius 3 is 2.68 bits per heavy atom. The second kappa shape index (κ2) is 6.74. The van der Waals surface area contributed by atoms with Crippen LogP contribution < -0.4 is 0 Å². The lowest BCUT2D eigenvalue weighted by atomic mass is 10.2. The number of aromatic hydroxyl groups is 1. The number of benzene rings is 1. The van der Waals surface area contributed by atoms with E-state index < -0.39 is 5.97 Å². The van der Waals surface area contributed by atoms with Gasteiger partial charge in [-0.3, -0.25) is 4.98 Å². The molecule has 3 rings (SSSR count). The third-order valence-corrected chi connectivity index (χ3v) is 4.27. The Labute approximate surface area is 153 Å². The summed E-state index contributed by atoms with van der Waals surface area (Å²) in [4.78, 5) is 20.0. The van der Waals surface area contributed by atoms with Gasteiger partial charge in [-0.25, -0.2) is 9.78 Å². The van der Waals surface area contributed by atoms with Crippen molar-refractivity contribution in [1.82, 2.24) is 14.5 Å². The molecule has 3 aromatic rings. The van der Waals surface area contributed by atoms with Crippen LogP contribution in [0.25, 0.3) is 11.4 Å². The number of aromatic nitrogens is 3. The van der Waals surface area contributed by atoms with E-state index >= 15 is 0 Å². The third kappa shape index (κ3) is 3.45. The molecule has 0 amide bonds. The van der Waals surface area contributed by atoms with Crippen molar-refractivity contribution in [2.45, 2.75) is 13.5 Å². The Bertz CT molecular complexity index is 970. The highest BCUT2D eigenvalue weighted by Crippen LogP contribution is 2.28. The van der Waals surface area contributed by atoms with Crippen LogP contribution in [0.5, 0.6) is 5.75 Å². The van der Waals surface area contributed by atoms with Gasteiger partial charge < -0.3 is 14.8 Å². The lowest BCUT2D eigenvalue weighted by Gasteiger charge is -2.12. The number of hydrogen-bond donors (Lipinski definition) is 2. The number of carboxylic acid groups (broad SMARTS) is 1. The first-order chi connectivity index (χ1) is 11.9. The molecule has 0 fully saturated rings. The number of nitrogens with zero attached hydrogens (tertiary/aromatic N) is 3. The number of hydrogen-bond acceptors (Lipinski definition) is 4. The molecule has 6 nitrogen and oxygen atoms in total. The summed E-state index contributed by atoms with van der Waals surface area (Å²) in [5.41, 5.74) is 1.54. The second-order valence-electron chi connectivity index (χ2n) is 5.43. The minimum Gasteiger partial charge on any atom is -0.506 e. The molecule has 0 bridgehead atoms. The highest BCUT2D eigenvalue weighted by molar-refractivity contribution is 6.33. The molecule has 0 saturated heterocycles.